The summed E-state index contributed by atoms with van der Waals surface area (Å²) in [6.45, 7) is 4.17. The monoisotopic (exact) mass is 302 g/mol. The Hall–Kier alpha value is -0.670. The van der Waals surface area contributed by atoms with Crippen LogP contribution in [0.1, 0.15) is 51.4 Å². The van der Waals surface area contributed by atoms with Gasteiger partial charge in [0.05, 0.1) is 12.2 Å². The van der Waals surface area contributed by atoms with Gasteiger partial charge in [0.25, 0.3) is 0 Å². The molecule has 7 atom stereocenters. The third-order valence-electron chi connectivity index (χ3n) is 7.61. The molecule has 2 N–H and O–H groups in total. The molecule has 2 radical (unpaired) electrons. The van der Waals surface area contributed by atoms with Crippen molar-refractivity contribution >= 4 is 6.29 Å². The number of hydrogen-bond donors (Lipinski definition) is 2. The summed E-state index contributed by atoms with van der Waals surface area (Å²) in [4.78, 5) is 11.4. The van der Waals surface area contributed by atoms with Crippen LogP contribution in [0.3, 0.4) is 0 Å². The van der Waals surface area contributed by atoms with Gasteiger partial charge < -0.3 is 10.2 Å². The minimum Gasteiger partial charge on any atom is -0.393 e. The molecular formula is C19H26O3. The molecule has 4 aliphatic carbocycles. The fraction of sp³-hybridized carbons (Fsp3) is 0.789. The van der Waals surface area contributed by atoms with Crippen molar-refractivity contribution in [3.05, 3.63) is 18.6 Å². The summed E-state index contributed by atoms with van der Waals surface area (Å²) in [5.74, 6) is 1.17. The Balaban J connectivity index is 1.78. The lowest BCUT2D eigenvalue weighted by Gasteiger charge is -2.61. The molecule has 120 valence electrons. The van der Waals surface area contributed by atoms with Gasteiger partial charge in [0.2, 0.25) is 0 Å². The smallest absolute Gasteiger partial charge is 0.198 e. The lowest BCUT2D eigenvalue weighted by atomic mass is 9.43. The molecule has 4 rings (SSSR count). The summed E-state index contributed by atoms with van der Waals surface area (Å²) >= 11 is 0. The zero-order valence-electron chi connectivity index (χ0n) is 13.1. The number of hydrogen-bond acceptors (Lipinski definition) is 3. The van der Waals surface area contributed by atoms with E-state index < -0.39 is 6.10 Å². The van der Waals surface area contributed by atoms with E-state index in [-0.39, 0.29) is 16.9 Å². The van der Waals surface area contributed by atoms with Crippen LogP contribution < -0.4 is 0 Å². The Kier molecular flexibility index (Phi) is 3.32. The molecule has 4 saturated carbocycles. The first-order valence-corrected chi connectivity index (χ1v) is 8.76. The molecule has 0 saturated heterocycles. The molecule has 0 aromatic heterocycles. The van der Waals surface area contributed by atoms with E-state index in [1.54, 1.807) is 0 Å². The summed E-state index contributed by atoms with van der Waals surface area (Å²) in [5, 5.41) is 21.2. The van der Waals surface area contributed by atoms with Crippen LogP contribution in [0.2, 0.25) is 0 Å². The second-order valence-electron chi connectivity index (χ2n) is 8.27. The zero-order chi connectivity index (χ0) is 15.5. The standard InChI is InChI=1S/C19H26O3/c1-12-13-2-5-16-18(8-9-20)11-15(21)4-3-14(18)6-7-19(16,10-13)17(12)22/h3,13-17,21-22H,1-2,4-8,10-11H2/t13-,14?,15-,16?,17+,18-,19-/m1/s1. The molecule has 4 aliphatic rings. The van der Waals surface area contributed by atoms with E-state index in [2.05, 4.69) is 19.3 Å². The van der Waals surface area contributed by atoms with Crippen LogP contribution in [-0.2, 0) is 4.79 Å². The van der Waals surface area contributed by atoms with Gasteiger partial charge in [-0.1, -0.05) is 6.58 Å². The first-order valence-electron chi connectivity index (χ1n) is 8.76. The van der Waals surface area contributed by atoms with Gasteiger partial charge in [-0.3, -0.25) is 4.79 Å². The molecule has 22 heavy (non-hydrogen) atoms. The molecule has 4 fully saturated rings. The third kappa shape index (κ3) is 1.73. The minimum absolute atomic E-state index is 0.0990. The van der Waals surface area contributed by atoms with Gasteiger partial charge in [0, 0.05) is 11.8 Å². The van der Waals surface area contributed by atoms with E-state index in [9.17, 15) is 15.0 Å². The van der Waals surface area contributed by atoms with E-state index in [0.717, 1.165) is 44.1 Å². The highest BCUT2D eigenvalue weighted by molar-refractivity contribution is 5.53. The normalized spacial score (nSPS) is 53.7. The minimum atomic E-state index is -0.423. The number of aliphatic hydroxyl groups is 2. The van der Waals surface area contributed by atoms with E-state index in [1.807, 2.05) is 0 Å². The van der Waals surface area contributed by atoms with Gasteiger partial charge in [0.15, 0.2) is 6.29 Å². The van der Waals surface area contributed by atoms with Crippen molar-refractivity contribution in [1.82, 2.24) is 0 Å². The lowest BCUT2D eigenvalue weighted by molar-refractivity contribution is -0.145. The number of rotatable bonds is 2. The summed E-state index contributed by atoms with van der Waals surface area (Å²) < 4.78 is 0. The molecule has 0 amide bonds. The van der Waals surface area contributed by atoms with Gasteiger partial charge in [-0.15, -0.1) is 0 Å². The van der Waals surface area contributed by atoms with Crippen molar-refractivity contribution in [1.29, 1.82) is 0 Å². The van der Waals surface area contributed by atoms with Crippen molar-refractivity contribution in [2.75, 3.05) is 0 Å². The van der Waals surface area contributed by atoms with Gasteiger partial charge in [0.1, 0.15) is 0 Å². The Labute approximate surface area is 132 Å². The van der Waals surface area contributed by atoms with Crippen LogP contribution in [0.15, 0.2) is 12.2 Å². The van der Waals surface area contributed by atoms with Gasteiger partial charge in [-0.25, -0.2) is 0 Å². The maximum absolute atomic E-state index is 11.4. The molecule has 2 bridgehead atoms. The molecular weight excluding hydrogens is 276 g/mol. The van der Waals surface area contributed by atoms with Crippen molar-refractivity contribution in [2.24, 2.45) is 28.6 Å². The number of aliphatic hydroxyl groups excluding tert-OH is 2. The maximum Gasteiger partial charge on any atom is 0.198 e. The van der Waals surface area contributed by atoms with Crippen LogP contribution in [-0.4, -0.2) is 28.7 Å². The van der Waals surface area contributed by atoms with Crippen molar-refractivity contribution in [3.63, 3.8) is 0 Å². The second kappa shape index (κ2) is 4.91. The Morgan fingerprint density at radius 3 is 2.86 bits per heavy atom. The predicted molar refractivity (Wildman–Crippen MR) is 83.4 cm³/mol. The Morgan fingerprint density at radius 1 is 1.27 bits per heavy atom. The quantitative estimate of drug-likeness (QED) is 0.771. The fourth-order valence-corrected chi connectivity index (χ4v) is 6.76. The molecule has 0 heterocycles. The summed E-state index contributed by atoms with van der Waals surface area (Å²) in [7, 11) is 0. The SMILES string of the molecule is C=C1[C@@H]2CCC3[C@]4(C[C]=O)C[C@H](O)C[CH]C4CC[C@]3(C2)[C@H]1O. The third-order valence-corrected chi connectivity index (χ3v) is 7.61. The van der Waals surface area contributed by atoms with E-state index >= 15 is 0 Å². The topological polar surface area (TPSA) is 57.5 Å². The second-order valence-corrected chi connectivity index (χ2v) is 8.27. The first-order chi connectivity index (χ1) is 10.5. The number of fused-ring (bicyclic) bond motifs is 3. The van der Waals surface area contributed by atoms with Crippen LogP contribution in [0.5, 0.6) is 0 Å². The zero-order valence-corrected chi connectivity index (χ0v) is 13.1. The predicted octanol–water partition coefficient (Wildman–Crippen LogP) is 2.57. The van der Waals surface area contributed by atoms with Crippen molar-refractivity contribution < 1.29 is 15.0 Å². The molecule has 2 unspecified atom stereocenters. The van der Waals surface area contributed by atoms with Crippen molar-refractivity contribution in [2.45, 2.75) is 63.6 Å². The average Bonchev–Trinajstić information content (AvgIpc) is 2.68. The molecule has 3 nitrogen and oxygen atoms in total. The largest absolute Gasteiger partial charge is 0.393 e. The molecule has 1 spiro atoms. The number of carbonyl (C=O) groups excluding carboxylic acids is 1. The lowest BCUT2D eigenvalue weighted by Crippen LogP contribution is -2.57. The van der Waals surface area contributed by atoms with Crippen molar-refractivity contribution in [3.8, 4) is 0 Å². The highest BCUT2D eigenvalue weighted by Crippen LogP contribution is 2.70. The Bertz CT molecular complexity index is 501. The van der Waals surface area contributed by atoms with E-state index in [0.29, 0.717) is 30.6 Å². The maximum atomic E-state index is 11.4. The van der Waals surface area contributed by atoms with Gasteiger partial charge in [-0.2, -0.15) is 0 Å². The molecule has 0 aromatic rings. The van der Waals surface area contributed by atoms with Crippen LogP contribution in [0, 0.1) is 35.0 Å². The first kappa shape index (κ1) is 14.9. The summed E-state index contributed by atoms with van der Waals surface area (Å²) in [5.41, 5.74) is 0.735. The highest BCUT2D eigenvalue weighted by atomic mass is 16.3. The summed E-state index contributed by atoms with van der Waals surface area (Å²) in [6.07, 6.45) is 10.7. The van der Waals surface area contributed by atoms with Gasteiger partial charge >= 0.3 is 0 Å². The molecule has 0 aliphatic heterocycles. The van der Waals surface area contributed by atoms with Crippen LogP contribution in [0.4, 0.5) is 0 Å². The van der Waals surface area contributed by atoms with Crippen LogP contribution >= 0.6 is 0 Å². The molecule has 0 aromatic carbocycles. The van der Waals surface area contributed by atoms with Gasteiger partial charge in [-0.05, 0) is 80.1 Å². The summed E-state index contributed by atoms with van der Waals surface area (Å²) in [6, 6.07) is 0. The molecule has 3 heteroatoms. The van der Waals surface area contributed by atoms with E-state index in [4.69, 9.17) is 0 Å². The Morgan fingerprint density at radius 2 is 2.09 bits per heavy atom. The van der Waals surface area contributed by atoms with Crippen LogP contribution in [0.25, 0.3) is 0 Å². The fourth-order valence-electron chi connectivity index (χ4n) is 6.76. The average molecular weight is 302 g/mol. The highest BCUT2D eigenvalue weighted by Gasteiger charge is 2.65. The van der Waals surface area contributed by atoms with E-state index in [1.165, 1.54) is 0 Å².